The van der Waals surface area contributed by atoms with Gasteiger partial charge in [0, 0.05) is 18.8 Å². The SMILES string of the molecule is CC(=O)OC1O[C@H](COC(=O)c2ccccc2C)[C@@H](N=[N+]=[N-])[C@H]1OC(C)=O. The Bertz CT molecular complexity index is 776. The molecule has 0 N–H and O–H groups in total. The molecule has 1 heterocycles. The van der Waals surface area contributed by atoms with E-state index in [1.807, 2.05) is 0 Å². The Morgan fingerprint density at radius 3 is 2.44 bits per heavy atom. The maximum atomic E-state index is 12.3. The molecule has 10 nitrogen and oxygen atoms in total. The number of azide groups is 1. The highest BCUT2D eigenvalue weighted by atomic mass is 16.7. The van der Waals surface area contributed by atoms with Gasteiger partial charge in [0.1, 0.15) is 18.8 Å². The second-order valence-electron chi connectivity index (χ2n) is 5.84. The normalized spacial score (nSPS) is 23.8. The highest BCUT2D eigenvalue weighted by Crippen LogP contribution is 2.28. The fourth-order valence-corrected chi connectivity index (χ4v) is 2.65. The summed E-state index contributed by atoms with van der Waals surface area (Å²) in [5.74, 6) is -1.93. The molecule has 1 aliphatic heterocycles. The van der Waals surface area contributed by atoms with Crippen LogP contribution in [0.3, 0.4) is 0 Å². The van der Waals surface area contributed by atoms with Gasteiger partial charge in [-0.2, -0.15) is 0 Å². The van der Waals surface area contributed by atoms with Gasteiger partial charge in [-0.05, 0) is 24.1 Å². The Morgan fingerprint density at radius 1 is 1.19 bits per heavy atom. The van der Waals surface area contributed by atoms with Gasteiger partial charge in [0.25, 0.3) is 0 Å². The molecule has 0 radical (unpaired) electrons. The third kappa shape index (κ3) is 5.19. The van der Waals surface area contributed by atoms with E-state index in [2.05, 4.69) is 10.0 Å². The molecule has 0 aliphatic carbocycles. The van der Waals surface area contributed by atoms with E-state index in [9.17, 15) is 14.4 Å². The van der Waals surface area contributed by atoms with Crippen LogP contribution in [0.25, 0.3) is 10.4 Å². The molecule has 0 saturated carbocycles. The number of hydrogen-bond acceptors (Lipinski definition) is 8. The molecule has 0 spiro atoms. The first-order valence-corrected chi connectivity index (χ1v) is 8.10. The van der Waals surface area contributed by atoms with Gasteiger partial charge in [-0.1, -0.05) is 23.3 Å². The van der Waals surface area contributed by atoms with Gasteiger partial charge in [0.15, 0.2) is 6.10 Å². The van der Waals surface area contributed by atoms with E-state index in [1.54, 1.807) is 31.2 Å². The van der Waals surface area contributed by atoms with Crippen LogP contribution in [0.5, 0.6) is 0 Å². The number of carbonyl (C=O) groups excluding carboxylic acids is 3. The molecule has 1 fully saturated rings. The fourth-order valence-electron chi connectivity index (χ4n) is 2.65. The van der Waals surface area contributed by atoms with Crippen LogP contribution in [-0.2, 0) is 28.5 Å². The van der Waals surface area contributed by atoms with Crippen LogP contribution >= 0.6 is 0 Å². The standard InChI is InChI=1S/C17H19N3O7/c1-9-6-4-5-7-12(9)16(23)24-8-13-14(19-20-18)15(25-10(2)21)17(27-13)26-11(3)22/h4-7,13-15,17H,8H2,1-3H3/t13-,14-,15-,17?/m1/s1. The summed E-state index contributed by atoms with van der Waals surface area (Å²) in [6, 6.07) is 5.83. The van der Waals surface area contributed by atoms with Crippen LogP contribution in [0, 0.1) is 6.92 Å². The van der Waals surface area contributed by atoms with Gasteiger partial charge in [-0.25, -0.2) is 4.79 Å². The maximum absolute atomic E-state index is 12.3. The molecule has 1 aliphatic rings. The third-order valence-corrected chi connectivity index (χ3v) is 3.81. The Hall–Kier alpha value is -3.10. The van der Waals surface area contributed by atoms with E-state index in [1.165, 1.54) is 0 Å². The summed E-state index contributed by atoms with van der Waals surface area (Å²) in [7, 11) is 0. The molecule has 144 valence electrons. The lowest BCUT2D eigenvalue weighted by atomic mass is 10.1. The molecule has 1 unspecified atom stereocenters. The second kappa shape index (κ2) is 9.02. The number of esters is 3. The molecule has 1 aromatic carbocycles. The number of benzene rings is 1. The van der Waals surface area contributed by atoms with E-state index in [0.29, 0.717) is 5.56 Å². The summed E-state index contributed by atoms with van der Waals surface area (Å²) < 4.78 is 20.8. The van der Waals surface area contributed by atoms with Crippen molar-refractivity contribution in [1.29, 1.82) is 0 Å². The van der Waals surface area contributed by atoms with E-state index < -0.39 is 42.4 Å². The molecule has 2 rings (SSSR count). The highest BCUT2D eigenvalue weighted by Gasteiger charge is 2.49. The van der Waals surface area contributed by atoms with Crippen molar-refractivity contribution < 1.29 is 33.3 Å². The van der Waals surface area contributed by atoms with Crippen LogP contribution in [0.1, 0.15) is 29.8 Å². The molecule has 0 aromatic heterocycles. The summed E-state index contributed by atoms with van der Waals surface area (Å²) in [6.45, 7) is 3.79. The predicted octanol–water partition coefficient (Wildman–Crippen LogP) is 2.05. The molecule has 1 saturated heterocycles. The molecular formula is C17H19N3O7. The lowest BCUT2D eigenvalue weighted by Crippen LogP contribution is -2.38. The molecule has 10 heteroatoms. The van der Waals surface area contributed by atoms with Gasteiger partial charge in [0.05, 0.1) is 5.56 Å². The van der Waals surface area contributed by atoms with Crippen molar-refractivity contribution in [1.82, 2.24) is 0 Å². The van der Waals surface area contributed by atoms with Gasteiger partial charge in [0.2, 0.25) is 6.29 Å². The van der Waals surface area contributed by atoms with Crippen molar-refractivity contribution in [3.63, 3.8) is 0 Å². The zero-order valence-electron chi connectivity index (χ0n) is 15.0. The molecule has 0 amide bonds. The van der Waals surface area contributed by atoms with Gasteiger partial charge in [-0.15, -0.1) is 0 Å². The summed E-state index contributed by atoms with van der Waals surface area (Å²) in [6.07, 6.45) is -3.38. The van der Waals surface area contributed by atoms with Crippen molar-refractivity contribution in [2.24, 2.45) is 5.11 Å². The van der Waals surface area contributed by atoms with E-state index >= 15 is 0 Å². The van der Waals surface area contributed by atoms with E-state index in [0.717, 1.165) is 19.4 Å². The first-order chi connectivity index (χ1) is 12.8. The Morgan fingerprint density at radius 2 is 1.85 bits per heavy atom. The Kier molecular flexibility index (Phi) is 6.75. The maximum Gasteiger partial charge on any atom is 0.338 e. The summed E-state index contributed by atoms with van der Waals surface area (Å²) in [4.78, 5) is 37.6. The van der Waals surface area contributed by atoms with E-state index in [4.69, 9.17) is 24.5 Å². The minimum absolute atomic E-state index is 0.285. The van der Waals surface area contributed by atoms with Crippen LogP contribution in [-0.4, -0.2) is 49.1 Å². The fraction of sp³-hybridized carbons (Fsp3) is 0.471. The van der Waals surface area contributed by atoms with Crippen molar-refractivity contribution >= 4 is 17.9 Å². The monoisotopic (exact) mass is 377 g/mol. The third-order valence-electron chi connectivity index (χ3n) is 3.81. The number of carbonyl (C=O) groups is 3. The first kappa shape index (κ1) is 20.2. The smallest absolute Gasteiger partial charge is 0.338 e. The van der Waals surface area contributed by atoms with Crippen LogP contribution in [0.4, 0.5) is 0 Å². The predicted molar refractivity (Wildman–Crippen MR) is 90.4 cm³/mol. The molecule has 27 heavy (non-hydrogen) atoms. The van der Waals surface area contributed by atoms with Crippen LogP contribution in [0.15, 0.2) is 29.4 Å². The molecule has 1 aromatic rings. The minimum Gasteiger partial charge on any atom is -0.459 e. The quantitative estimate of drug-likeness (QED) is 0.243. The number of aryl methyl sites for hydroxylation is 1. The van der Waals surface area contributed by atoms with Gasteiger partial charge < -0.3 is 18.9 Å². The second-order valence-corrected chi connectivity index (χ2v) is 5.84. The van der Waals surface area contributed by atoms with E-state index in [-0.39, 0.29) is 6.61 Å². The lowest BCUT2D eigenvalue weighted by molar-refractivity contribution is -0.195. The molecular weight excluding hydrogens is 358 g/mol. The zero-order valence-corrected chi connectivity index (χ0v) is 15.0. The Balaban J connectivity index is 2.14. The van der Waals surface area contributed by atoms with Gasteiger partial charge in [-0.3, -0.25) is 9.59 Å². The largest absolute Gasteiger partial charge is 0.459 e. The Labute approximate surface area is 155 Å². The number of hydrogen-bond donors (Lipinski definition) is 0. The zero-order chi connectivity index (χ0) is 20.0. The average molecular weight is 377 g/mol. The highest BCUT2D eigenvalue weighted by molar-refractivity contribution is 5.90. The number of nitrogens with zero attached hydrogens (tertiary/aromatic N) is 3. The summed E-state index contributed by atoms with van der Waals surface area (Å²) in [5.41, 5.74) is 9.92. The number of ether oxygens (including phenoxy) is 4. The van der Waals surface area contributed by atoms with Crippen molar-refractivity contribution in [2.45, 2.75) is 45.3 Å². The molecule has 0 bridgehead atoms. The minimum atomic E-state index is -1.27. The van der Waals surface area contributed by atoms with Crippen molar-refractivity contribution in [3.8, 4) is 0 Å². The summed E-state index contributed by atoms with van der Waals surface area (Å²) in [5, 5.41) is 3.56. The lowest BCUT2D eigenvalue weighted by Gasteiger charge is -2.19. The first-order valence-electron chi connectivity index (χ1n) is 8.10. The van der Waals surface area contributed by atoms with Gasteiger partial charge >= 0.3 is 17.9 Å². The van der Waals surface area contributed by atoms with Crippen LogP contribution in [0.2, 0.25) is 0 Å². The van der Waals surface area contributed by atoms with Crippen molar-refractivity contribution in [2.75, 3.05) is 6.61 Å². The topological polar surface area (TPSA) is 137 Å². The van der Waals surface area contributed by atoms with Crippen molar-refractivity contribution in [3.05, 3.63) is 45.8 Å². The van der Waals surface area contributed by atoms with Crippen LogP contribution < -0.4 is 0 Å². The average Bonchev–Trinajstić information content (AvgIpc) is 2.89. The summed E-state index contributed by atoms with van der Waals surface area (Å²) >= 11 is 0. The number of rotatable bonds is 6. The molecule has 4 atom stereocenters.